The predicted octanol–water partition coefficient (Wildman–Crippen LogP) is 2.65. The van der Waals surface area contributed by atoms with Crippen molar-refractivity contribution in [3.05, 3.63) is 70.5 Å². The Morgan fingerprint density at radius 2 is 2.04 bits per heavy atom. The molecule has 3 aromatic rings. The number of aromatic nitrogens is 2. The lowest BCUT2D eigenvalue weighted by Gasteiger charge is -2.19. The normalized spacial score (nSPS) is 14.0. The lowest BCUT2D eigenvalue weighted by molar-refractivity contribution is -0.114. The molecule has 0 unspecified atom stereocenters. The van der Waals surface area contributed by atoms with Gasteiger partial charge in [0.2, 0.25) is 5.91 Å². The van der Waals surface area contributed by atoms with Gasteiger partial charge in [0, 0.05) is 18.3 Å². The smallest absolute Gasteiger partial charge is 0.259 e. The van der Waals surface area contributed by atoms with Gasteiger partial charge in [-0.25, -0.2) is 4.98 Å². The summed E-state index contributed by atoms with van der Waals surface area (Å²) in [5.74, 6) is -0.107. The molecule has 0 saturated carbocycles. The Morgan fingerprint density at radius 1 is 1.25 bits per heavy atom. The standard InChI is InChI=1S/C20H17N5O3/c1-11(26)22-12-5-4-6-13(9-12)25-10-16(27)17(18(25)21)19-23-15-8-3-2-7-14(15)20(28)24-19/h2-9,21,27H,10H2,1H3,(H,22,26)(H,23,24,28). The molecule has 140 valence electrons. The van der Waals surface area contributed by atoms with E-state index in [0.29, 0.717) is 22.3 Å². The van der Waals surface area contributed by atoms with Crippen molar-refractivity contribution < 1.29 is 9.90 Å². The number of para-hydroxylation sites is 1. The number of aliphatic hydroxyl groups is 1. The van der Waals surface area contributed by atoms with Gasteiger partial charge in [0.05, 0.1) is 23.0 Å². The number of anilines is 2. The maximum Gasteiger partial charge on any atom is 0.259 e. The first-order chi connectivity index (χ1) is 13.4. The van der Waals surface area contributed by atoms with Crippen LogP contribution in [0.1, 0.15) is 12.7 Å². The zero-order valence-electron chi connectivity index (χ0n) is 15.0. The highest BCUT2D eigenvalue weighted by Gasteiger charge is 2.31. The van der Waals surface area contributed by atoms with Gasteiger partial charge in [-0.15, -0.1) is 0 Å². The molecule has 0 saturated heterocycles. The van der Waals surface area contributed by atoms with E-state index < -0.39 is 0 Å². The van der Waals surface area contributed by atoms with E-state index >= 15 is 0 Å². The number of rotatable bonds is 3. The molecule has 2 heterocycles. The third-order valence-corrected chi connectivity index (χ3v) is 4.43. The number of amidine groups is 1. The van der Waals surface area contributed by atoms with Crippen molar-refractivity contribution in [2.75, 3.05) is 16.8 Å². The molecule has 0 atom stereocenters. The molecule has 1 aliphatic rings. The molecule has 1 amide bonds. The molecule has 0 radical (unpaired) electrons. The van der Waals surface area contributed by atoms with E-state index in [2.05, 4.69) is 15.3 Å². The minimum Gasteiger partial charge on any atom is -0.509 e. The molecular formula is C20H17N5O3. The Balaban J connectivity index is 1.72. The summed E-state index contributed by atoms with van der Waals surface area (Å²) in [6.07, 6.45) is 0. The number of aliphatic hydroxyl groups excluding tert-OH is 1. The topological polar surface area (TPSA) is 122 Å². The maximum atomic E-state index is 12.3. The van der Waals surface area contributed by atoms with Crippen LogP contribution in [0.25, 0.3) is 16.5 Å². The van der Waals surface area contributed by atoms with Crippen molar-refractivity contribution in [2.45, 2.75) is 6.92 Å². The quantitative estimate of drug-likeness (QED) is 0.561. The molecule has 0 aliphatic carbocycles. The van der Waals surface area contributed by atoms with Gasteiger partial charge in [0.15, 0.2) is 0 Å². The van der Waals surface area contributed by atoms with Crippen LogP contribution in [0.15, 0.2) is 59.1 Å². The summed E-state index contributed by atoms with van der Waals surface area (Å²) in [5.41, 5.74) is 1.54. The summed E-state index contributed by atoms with van der Waals surface area (Å²) in [7, 11) is 0. The number of nitrogens with zero attached hydrogens (tertiary/aromatic N) is 2. The summed E-state index contributed by atoms with van der Waals surface area (Å²) in [5, 5.41) is 22.1. The second kappa shape index (κ2) is 6.66. The van der Waals surface area contributed by atoms with Crippen molar-refractivity contribution in [1.82, 2.24) is 9.97 Å². The highest BCUT2D eigenvalue weighted by atomic mass is 16.3. The average Bonchev–Trinajstić information content (AvgIpc) is 2.95. The van der Waals surface area contributed by atoms with Gasteiger partial charge in [-0.3, -0.25) is 15.0 Å². The molecule has 8 heteroatoms. The Labute approximate surface area is 159 Å². The molecule has 0 bridgehead atoms. The van der Waals surface area contributed by atoms with Crippen molar-refractivity contribution in [2.24, 2.45) is 0 Å². The summed E-state index contributed by atoms with van der Waals surface area (Å²) >= 11 is 0. The van der Waals surface area contributed by atoms with Crippen LogP contribution < -0.4 is 15.8 Å². The first-order valence-electron chi connectivity index (χ1n) is 8.59. The molecule has 0 fully saturated rings. The van der Waals surface area contributed by atoms with Gasteiger partial charge in [-0.05, 0) is 30.3 Å². The minimum atomic E-state index is -0.334. The Hall–Kier alpha value is -3.94. The first kappa shape index (κ1) is 17.5. The number of carbonyl (C=O) groups is 1. The van der Waals surface area contributed by atoms with Crippen LogP contribution in [0.4, 0.5) is 11.4 Å². The van der Waals surface area contributed by atoms with E-state index in [0.717, 1.165) is 0 Å². The molecule has 0 spiro atoms. The van der Waals surface area contributed by atoms with E-state index in [-0.39, 0.29) is 41.0 Å². The van der Waals surface area contributed by atoms with Gasteiger partial charge >= 0.3 is 0 Å². The van der Waals surface area contributed by atoms with Gasteiger partial charge in [-0.2, -0.15) is 0 Å². The summed E-state index contributed by atoms with van der Waals surface area (Å²) < 4.78 is 0. The molecule has 4 N–H and O–H groups in total. The molecule has 2 aromatic carbocycles. The van der Waals surface area contributed by atoms with Gasteiger partial charge in [-0.1, -0.05) is 18.2 Å². The third-order valence-electron chi connectivity index (χ3n) is 4.43. The zero-order valence-corrected chi connectivity index (χ0v) is 15.0. The third kappa shape index (κ3) is 3.01. The number of aromatic amines is 1. The summed E-state index contributed by atoms with van der Waals surface area (Å²) in [6, 6.07) is 13.9. The van der Waals surface area contributed by atoms with E-state index in [1.165, 1.54) is 6.92 Å². The number of H-pyrrole nitrogens is 1. The summed E-state index contributed by atoms with van der Waals surface area (Å²) in [6.45, 7) is 1.48. The van der Waals surface area contributed by atoms with E-state index in [4.69, 9.17) is 5.41 Å². The number of benzene rings is 2. The van der Waals surface area contributed by atoms with Crippen LogP contribution >= 0.6 is 0 Å². The molecule has 4 rings (SSSR count). The van der Waals surface area contributed by atoms with Gasteiger partial charge < -0.3 is 20.3 Å². The fraction of sp³-hybridized carbons (Fsp3) is 0.100. The fourth-order valence-electron chi connectivity index (χ4n) is 3.21. The summed E-state index contributed by atoms with van der Waals surface area (Å²) in [4.78, 5) is 32.3. The first-order valence-corrected chi connectivity index (χ1v) is 8.59. The lowest BCUT2D eigenvalue weighted by atomic mass is 10.2. The minimum absolute atomic E-state index is 0.0101. The van der Waals surface area contributed by atoms with E-state index in [1.54, 1.807) is 53.4 Å². The maximum absolute atomic E-state index is 12.3. The highest BCUT2D eigenvalue weighted by Crippen LogP contribution is 2.30. The highest BCUT2D eigenvalue weighted by molar-refractivity contribution is 6.30. The molecule has 8 nitrogen and oxygen atoms in total. The average molecular weight is 375 g/mol. The molecule has 1 aliphatic heterocycles. The SMILES string of the molecule is CC(=O)Nc1cccc(N2CC(O)=C(c3nc4ccccc4c(=O)[nH]3)C2=N)c1. The van der Waals surface area contributed by atoms with Crippen LogP contribution in [0.3, 0.4) is 0 Å². The van der Waals surface area contributed by atoms with Crippen LogP contribution in [0.2, 0.25) is 0 Å². The number of nitrogens with one attached hydrogen (secondary N) is 3. The number of carbonyl (C=O) groups excluding carboxylic acids is 1. The monoisotopic (exact) mass is 375 g/mol. The van der Waals surface area contributed by atoms with Crippen LogP contribution in [0, 0.1) is 5.41 Å². The Bertz CT molecular complexity index is 1210. The Morgan fingerprint density at radius 3 is 2.82 bits per heavy atom. The number of amides is 1. The van der Waals surface area contributed by atoms with Crippen LogP contribution in [-0.2, 0) is 4.79 Å². The molecule has 28 heavy (non-hydrogen) atoms. The lowest BCUT2D eigenvalue weighted by Crippen LogP contribution is -2.27. The predicted molar refractivity (Wildman–Crippen MR) is 108 cm³/mol. The largest absolute Gasteiger partial charge is 0.509 e. The molecular weight excluding hydrogens is 358 g/mol. The molecule has 1 aromatic heterocycles. The van der Waals surface area contributed by atoms with Crippen molar-refractivity contribution >= 4 is 39.6 Å². The zero-order chi connectivity index (χ0) is 19.8. The van der Waals surface area contributed by atoms with Gasteiger partial charge in [0.25, 0.3) is 5.56 Å². The van der Waals surface area contributed by atoms with Crippen LogP contribution in [0.5, 0.6) is 0 Å². The van der Waals surface area contributed by atoms with Crippen molar-refractivity contribution in [3.8, 4) is 0 Å². The van der Waals surface area contributed by atoms with E-state index in [1.807, 2.05) is 0 Å². The van der Waals surface area contributed by atoms with Crippen molar-refractivity contribution in [1.29, 1.82) is 5.41 Å². The van der Waals surface area contributed by atoms with Crippen LogP contribution in [-0.4, -0.2) is 33.4 Å². The Kier molecular flexibility index (Phi) is 4.15. The second-order valence-electron chi connectivity index (χ2n) is 6.42. The number of hydrogen-bond donors (Lipinski definition) is 4. The fourth-order valence-corrected chi connectivity index (χ4v) is 3.21. The number of fused-ring (bicyclic) bond motifs is 1. The van der Waals surface area contributed by atoms with Gasteiger partial charge in [0.1, 0.15) is 17.4 Å². The van der Waals surface area contributed by atoms with E-state index in [9.17, 15) is 14.7 Å². The second-order valence-corrected chi connectivity index (χ2v) is 6.42. The number of hydrogen-bond acceptors (Lipinski definition) is 5. The van der Waals surface area contributed by atoms with Crippen molar-refractivity contribution in [3.63, 3.8) is 0 Å².